The predicted octanol–water partition coefficient (Wildman–Crippen LogP) is 1.76. The Morgan fingerprint density at radius 3 is 2.47 bits per heavy atom. The molecule has 2 unspecified atom stereocenters. The number of halogens is 1. The van der Waals surface area contributed by atoms with Crippen molar-refractivity contribution < 1.29 is 15.0 Å². The number of amides is 1. The van der Waals surface area contributed by atoms with Gasteiger partial charge in [0.1, 0.15) is 6.10 Å². The molecule has 0 aliphatic rings. The molecular formula is C14H14ClNO3. The molecule has 19 heavy (non-hydrogen) atoms. The number of primary amides is 1. The third kappa shape index (κ3) is 2.87. The largest absolute Gasteiger partial charge is 0.390 e. The second-order valence-corrected chi connectivity index (χ2v) is 4.78. The third-order valence-electron chi connectivity index (χ3n) is 2.98. The lowest BCUT2D eigenvalue weighted by Gasteiger charge is -2.19. The van der Waals surface area contributed by atoms with E-state index < -0.39 is 18.1 Å². The molecule has 2 rings (SSSR count). The van der Waals surface area contributed by atoms with E-state index in [1.54, 1.807) is 24.3 Å². The van der Waals surface area contributed by atoms with Gasteiger partial charge in [-0.1, -0.05) is 41.9 Å². The van der Waals surface area contributed by atoms with Crippen LogP contribution in [0.3, 0.4) is 0 Å². The number of hydrogen-bond acceptors (Lipinski definition) is 3. The average Bonchev–Trinajstić information content (AvgIpc) is 2.36. The van der Waals surface area contributed by atoms with Crippen LogP contribution < -0.4 is 5.73 Å². The monoisotopic (exact) mass is 279 g/mol. The fraction of sp³-hybridized carbons (Fsp3) is 0.214. The lowest BCUT2D eigenvalue weighted by Crippen LogP contribution is -2.25. The molecule has 2 aromatic carbocycles. The van der Waals surface area contributed by atoms with Crippen molar-refractivity contribution in [2.24, 2.45) is 5.73 Å². The van der Waals surface area contributed by atoms with E-state index in [1.807, 2.05) is 12.1 Å². The van der Waals surface area contributed by atoms with Crippen LogP contribution in [-0.4, -0.2) is 22.2 Å². The summed E-state index contributed by atoms with van der Waals surface area (Å²) in [6.45, 7) is 0. The highest BCUT2D eigenvalue weighted by Crippen LogP contribution is 2.32. The van der Waals surface area contributed by atoms with Gasteiger partial charge in [0, 0.05) is 10.4 Å². The zero-order valence-electron chi connectivity index (χ0n) is 10.1. The van der Waals surface area contributed by atoms with Gasteiger partial charge < -0.3 is 15.9 Å². The van der Waals surface area contributed by atoms with Gasteiger partial charge in [-0.3, -0.25) is 4.79 Å². The number of fused-ring (bicyclic) bond motifs is 1. The summed E-state index contributed by atoms with van der Waals surface area (Å²) in [5.41, 5.74) is 5.50. The van der Waals surface area contributed by atoms with Crippen molar-refractivity contribution in [3.8, 4) is 0 Å². The number of benzene rings is 2. The summed E-state index contributed by atoms with van der Waals surface area (Å²) >= 11 is 6.13. The molecule has 1 amide bonds. The van der Waals surface area contributed by atoms with Crippen molar-refractivity contribution in [2.45, 2.75) is 18.6 Å². The van der Waals surface area contributed by atoms with Crippen LogP contribution in [-0.2, 0) is 4.79 Å². The fourth-order valence-electron chi connectivity index (χ4n) is 2.09. The molecule has 100 valence electrons. The zero-order chi connectivity index (χ0) is 14.0. The molecule has 0 radical (unpaired) electrons. The van der Waals surface area contributed by atoms with Gasteiger partial charge in [-0.15, -0.1) is 0 Å². The molecule has 2 aromatic rings. The van der Waals surface area contributed by atoms with Crippen molar-refractivity contribution >= 4 is 28.3 Å². The first kappa shape index (κ1) is 13.8. The normalized spacial score (nSPS) is 14.3. The minimum absolute atomic E-state index is 0.304. The topological polar surface area (TPSA) is 83.6 Å². The van der Waals surface area contributed by atoms with Gasteiger partial charge in [0.15, 0.2) is 0 Å². The highest BCUT2D eigenvalue weighted by atomic mass is 35.5. The van der Waals surface area contributed by atoms with Crippen molar-refractivity contribution in [1.82, 2.24) is 0 Å². The van der Waals surface area contributed by atoms with E-state index >= 15 is 0 Å². The molecule has 0 saturated carbocycles. The van der Waals surface area contributed by atoms with Crippen LogP contribution in [0.25, 0.3) is 10.8 Å². The summed E-state index contributed by atoms with van der Waals surface area (Å²) < 4.78 is 0. The standard InChI is InChI=1S/C14H14ClNO3/c15-10-6-2-4-8-3-1-5-9(13(8)10)14(19)11(17)7-12(16)18/h1-6,11,14,17,19H,7H2,(H2,16,18). The Balaban J connectivity index is 2.47. The molecular weight excluding hydrogens is 266 g/mol. The van der Waals surface area contributed by atoms with Crippen LogP contribution in [0.2, 0.25) is 5.02 Å². The summed E-state index contributed by atoms with van der Waals surface area (Å²) in [5.74, 6) is -0.669. The van der Waals surface area contributed by atoms with Gasteiger partial charge >= 0.3 is 0 Å². The van der Waals surface area contributed by atoms with Crippen molar-refractivity contribution in [1.29, 1.82) is 0 Å². The van der Waals surface area contributed by atoms with E-state index in [4.69, 9.17) is 17.3 Å². The van der Waals surface area contributed by atoms with E-state index in [9.17, 15) is 15.0 Å². The first-order valence-electron chi connectivity index (χ1n) is 5.82. The first-order chi connectivity index (χ1) is 9.00. The fourth-order valence-corrected chi connectivity index (χ4v) is 2.39. The van der Waals surface area contributed by atoms with E-state index in [-0.39, 0.29) is 6.42 Å². The Hall–Kier alpha value is -1.62. The van der Waals surface area contributed by atoms with Crippen LogP contribution in [0, 0.1) is 0 Å². The average molecular weight is 280 g/mol. The molecule has 0 spiro atoms. The minimum atomic E-state index is -1.25. The minimum Gasteiger partial charge on any atom is -0.390 e. The molecule has 4 nitrogen and oxygen atoms in total. The van der Waals surface area contributed by atoms with E-state index in [1.165, 1.54) is 0 Å². The summed E-state index contributed by atoms with van der Waals surface area (Å²) in [4.78, 5) is 10.8. The molecule has 0 fully saturated rings. The summed E-state index contributed by atoms with van der Waals surface area (Å²) in [6, 6.07) is 10.7. The first-order valence-corrected chi connectivity index (χ1v) is 6.20. The molecule has 0 aromatic heterocycles. The van der Waals surface area contributed by atoms with Crippen LogP contribution in [0.5, 0.6) is 0 Å². The summed E-state index contributed by atoms with van der Waals surface area (Å²) in [7, 11) is 0. The highest BCUT2D eigenvalue weighted by Gasteiger charge is 2.22. The Kier molecular flexibility index (Phi) is 4.04. The van der Waals surface area contributed by atoms with Gasteiger partial charge in [0.05, 0.1) is 12.5 Å². The zero-order valence-corrected chi connectivity index (χ0v) is 10.8. The van der Waals surface area contributed by atoms with Gasteiger partial charge in [-0.2, -0.15) is 0 Å². The highest BCUT2D eigenvalue weighted by molar-refractivity contribution is 6.35. The maximum Gasteiger partial charge on any atom is 0.220 e. The number of carbonyl (C=O) groups is 1. The molecule has 0 saturated heterocycles. The van der Waals surface area contributed by atoms with Crippen LogP contribution in [0.15, 0.2) is 36.4 Å². The molecule has 2 atom stereocenters. The Bertz CT molecular complexity index is 609. The number of aliphatic hydroxyl groups is 2. The third-order valence-corrected chi connectivity index (χ3v) is 3.29. The maximum atomic E-state index is 10.8. The number of aliphatic hydroxyl groups excluding tert-OH is 2. The molecule has 5 heteroatoms. The van der Waals surface area contributed by atoms with Gasteiger partial charge in [0.2, 0.25) is 5.91 Å². The smallest absolute Gasteiger partial charge is 0.220 e. The van der Waals surface area contributed by atoms with E-state index in [2.05, 4.69) is 0 Å². The molecule has 0 aliphatic carbocycles. The SMILES string of the molecule is NC(=O)CC(O)C(O)c1cccc2cccc(Cl)c12. The predicted molar refractivity (Wildman–Crippen MR) is 73.7 cm³/mol. The van der Waals surface area contributed by atoms with Crippen molar-refractivity contribution in [3.05, 3.63) is 47.0 Å². The van der Waals surface area contributed by atoms with E-state index in [0.717, 1.165) is 5.39 Å². The molecule has 0 heterocycles. The number of carbonyl (C=O) groups excluding carboxylic acids is 1. The lowest BCUT2D eigenvalue weighted by molar-refractivity contribution is -0.121. The Morgan fingerprint density at radius 1 is 1.21 bits per heavy atom. The van der Waals surface area contributed by atoms with Crippen LogP contribution in [0.4, 0.5) is 0 Å². The van der Waals surface area contributed by atoms with Crippen molar-refractivity contribution in [2.75, 3.05) is 0 Å². The quantitative estimate of drug-likeness (QED) is 0.797. The maximum absolute atomic E-state index is 10.8. The second kappa shape index (κ2) is 5.57. The van der Waals surface area contributed by atoms with Crippen LogP contribution in [0.1, 0.15) is 18.1 Å². The van der Waals surface area contributed by atoms with Gasteiger partial charge in [-0.05, 0) is 17.0 Å². The number of hydrogen-bond donors (Lipinski definition) is 3. The van der Waals surface area contributed by atoms with Gasteiger partial charge in [-0.25, -0.2) is 0 Å². The molecule has 4 N–H and O–H groups in total. The Labute approximate surface area is 115 Å². The summed E-state index contributed by atoms with van der Waals surface area (Å²) in [5, 5.41) is 22.0. The second-order valence-electron chi connectivity index (χ2n) is 4.37. The summed E-state index contributed by atoms with van der Waals surface area (Å²) in [6.07, 6.45) is -2.77. The van der Waals surface area contributed by atoms with Crippen LogP contribution >= 0.6 is 11.6 Å². The number of nitrogens with two attached hydrogens (primary N) is 1. The lowest BCUT2D eigenvalue weighted by atomic mass is 9.96. The van der Waals surface area contributed by atoms with Gasteiger partial charge in [0.25, 0.3) is 0 Å². The molecule has 0 bridgehead atoms. The van der Waals surface area contributed by atoms with Crippen molar-refractivity contribution in [3.63, 3.8) is 0 Å². The van der Waals surface area contributed by atoms with E-state index in [0.29, 0.717) is 16.0 Å². The molecule has 0 aliphatic heterocycles. The number of rotatable bonds is 4. The Morgan fingerprint density at radius 2 is 1.84 bits per heavy atom.